The van der Waals surface area contributed by atoms with Gasteiger partial charge in [0, 0.05) is 19.1 Å². The lowest BCUT2D eigenvalue weighted by atomic mass is 10.1. The van der Waals surface area contributed by atoms with Gasteiger partial charge in [0.05, 0.1) is 31.0 Å². The van der Waals surface area contributed by atoms with E-state index < -0.39 is 6.09 Å². The Morgan fingerprint density at radius 3 is 3.00 bits per heavy atom. The van der Waals surface area contributed by atoms with Crippen molar-refractivity contribution < 1.29 is 9.53 Å². The number of halogens is 1. The Balaban J connectivity index is 1.18. The van der Waals surface area contributed by atoms with Gasteiger partial charge in [-0.3, -0.25) is 0 Å². The number of nitrogen functional groups attached to an aromatic ring is 1. The van der Waals surface area contributed by atoms with Crippen LogP contribution in [0.15, 0.2) is 24.5 Å². The van der Waals surface area contributed by atoms with Crippen LogP contribution in [-0.2, 0) is 17.8 Å². The molecular weight excluding hydrogens is 432 g/mol. The number of hydrogen-bond donors (Lipinski definition) is 3. The van der Waals surface area contributed by atoms with E-state index in [2.05, 4.69) is 56.5 Å². The van der Waals surface area contributed by atoms with Crippen LogP contribution in [-0.4, -0.2) is 44.9 Å². The average Bonchev–Trinajstić information content (AvgIpc) is 3.36. The van der Waals surface area contributed by atoms with Gasteiger partial charge in [0.15, 0.2) is 11.5 Å². The molecule has 0 saturated carbocycles. The van der Waals surface area contributed by atoms with Gasteiger partial charge in [0.25, 0.3) is 0 Å². The van der Waals surface area contributed by atoms with Gasteiger partial charge in [-0.1, -0.05) is 6.07 Å². The Labute approximate surface area is 191 Å². The molecule has 1 aliphatic heterocycles. The number of nitrogens with zero attached hydrogens (tertiary/aromatic N) is 5. The number of unbranched alkanes of at least 4 members (excludes halogenated alkanes) is 1. The number of rotatable bonds is 8. The number of aromatic nitrogens is 4. The Kier molecular flexibility index (Phi) is 6.50. The number of aryl methyl sites for hydroxylation is 1. The molecule has 0 aliphatic carbocycles. The molecule has 2 aromatic heterocycles. The van der Waals surface area contributed by atoms with Crippen molar-refractivity contribution >= 4 is 46.1 Å². The summed E-state index contributed by atoms with van der Waals surface area (Å²) in [5, 5.41) is 6.28. The van der Waals surface area contributed by atoms with Gasteiger partial charge in [-0.2, -0.15) is 9.97 Å². The number of amides is 1. The van der Waals surface area contributed by atoms with E-state index in [0.29, 0.717) is 43.3 Å². The fourth-order valence-electron chi connectivity index (χ4n) is 3.68. The van der Waals surface area contributed by atoms with Crippen LogP contribution >= 0.6 is 11.6 Å². The van der Waals surface area contributed by atoms with E-state index in [1.54, 1.807) is 6.33 Å². The largest absolute Gasteiger partial charge is 0.450 e. The molecule has 0 bridgehead atoms. The van der Waals surface area contributed by atoms with Crippen molar-refractivity contribution in [3.63, 3.8) is 0 Å². The Morgan fingerprint density at radius 2 is 2.19 bits per heavy atom. The van der Waals surface area contributed by atoms with Crippen LogP contribution < -0.4 is 21.3 Å². The van der Waals surface area contributed by atoms with E-state index in [9.17, 15) is 4.79 Å². The molecule has 4 N–H and O–H groups in total. The molecule has 32 heavy (non-hydrogen) atoms. The highest BCUT2D eigenvalue weighted by molar-refractivity contribution is 6.28. The van der Waals surface area contributed by atoms with Gasteiger partial charge in [0.2, 0.25) is 5.28 Å². The zero-order valence-corrected chi connectivity index (χ0v) is 18.9. The molecule has 1 aliphatic rings. The molecule has 1 aromatic carbocycles. The van der Waals surface area contributed by atoms with Crippen LogP contribution in [0.5, 0.6) is 0 Å². The normalized spacial score (nSPS) is 12.8. The van der Waals surface area contributed by atoms with Gasteiger partial charge in [0.1, 0.15) is 5.52 Å². The minimum Gasteiger partial charge on any atom is -0.450 e. The molecule has 0 spiro atoms. The second kappa shape index (κ2) is 9.47. The van der Waals surface area contributed by atoms with E-state index >= 15 is 0 Å². The van der Waals surface area contributed by atoms with E-state index in [4.69, 9.17) is 22.1 Å². The summed E-state index contributed by atoms with van der Waals surface area (Å²) in [5.41, 5.74) is 10.2. The van der Waals surface area contributed by atoms with Gasteiger partial charge in [-0.15, -0.1) is 0 Å². The van der Waals surface area contributed by atoms with Crippen LogP contribution in [0.3, 0.4) is 0 Å². The monoisotopic (exact) mass is 458 g/mol. The predicted molar refractivity (Wildman–Crippen MR) is 125 cm³/mol. The number of anilines is 3. The quantitative estimate of drug-likeness (QED) is 0.347. The SMILES string of the molecule is CC(C)N1CNc2cc(CNC(=O)OCCCCn3cnc4c(N)nc(Cl)nc43)ccc21. The molecule has 11 heteroatoms. The number of fused-ring (bicyclic) bond motifs is 2. The molecule has 3 aromatic rings. The molecule has 0 radical (unpaired) electrons. The zero-order valence-electron chi connectivity index (χ0n) is 18.1. The lowest BCUT2D eigenvalue weighted by Gasteiger charge is -2.22. The first-order valence-electron chi connectivity index (χ1n) is 10.6. The molecule has 1 amide bonds. The molecule has 0 fully saturated rings. The van der Waals surface area contributed by atoms with Crippen molar-refractivity contribution in [3.8, 4) is 0 Å². The third-order valence-electron chi connectivity index (χ3n) is 5.36. The van der Waals surface area contributed by atoms with E-state index in [-0.39, 0.29) is 11.1 Å². The van der Waals surface area contributed by atoms with E-state index in [1.165, 1.54) is 5.69 Å². The topological polar surface area (TPSA) is 123 Å². The van der Waals surface area contributed by atoms with E-state index in [1.807, 2.05) is 10.6 Å². The third-order valence-corrected chi connectivity index (χ3v) is 5.53. The highest BCUT2D eigenvalue weighted by atomic mass is 35.5. The summed E-state index contributed by atoms with van der Waals surface area (Å²) >= 11 is 5.88. The molecule has 0 saturated heterocycles. The molecule has 10 nitrogen and oxygen atoms in total. The van der Waals surface area contributed by atoms with Crippen molar-refractivity contribution in [3.05, 3.63) is 35.4 Å². The first kappa shape index (κ1) is 21.9. The Morgan fingerprint density at radius 1 is 1.34 bits per heavy atom. The molecule has 0 unspecified atom stereocenters. The van der Waals surface area contributed by atoms with Gasteiger partial charge in [-0.25, -0.2) is 9.78 Å². The maximum absolute atomic E-state index is 12.0. The van der Waals surface area contributed by atoms with Crippen molar-refractivity contribution in [2.24, 2.45) is 0 Å². The Hall–Kier alpha value is -3.27. The highest BCUT2D eigenvalue weighted by Crippen LogP contribution is 2.33. The molecule has 0 atom stereocenters. The molecule has 4 rings (SSSR count). The minimum absolute atomic E-state index is 0.0909. The van der Waals surface area contributed by atoms with Gasteiger partial charge >= 0.3 is 6.09 Å². The number of alkyl carbamates (subject to hydrolysis) is 1. The van der Waals surface area contributed by atoms with Crippen molar-refractivity contribution in [2.45, 2.75) is 45.8 Å². The summed E-state index contributed by atoms with van der Waals surface area (Å²) in [7, 11) is 0. The Bertz CT molecular complexity index is 1120. The average molecular weight is 459 g/mol. The second-order valence-corrected chi connectivity index (χ2v) is 8.27. The minimum atomic E-state index is -0.428. The maximum Gasteiger partial charge on any atom is 0.407 e. The number of nitrogens with two attached hydrogens (primary N) is 1. The molecule has 3 heterocycles. The molecule has 170 valence electrons. The predicted octanol–water partition coefficient (Wildman–Crippen LogP) is 3.37. The van der Waals surface area contributed by atoms with Crippen LogP contribution in [0.25, 0.3) is 11.2 Å². The van der Waals surface area contributed by atoms with Crippen LogP contribution in [0.2, 0.25) is 5.28 Å². The fraction of sp³-hybridized carbons (Fsp3) is 0.429. The molecular formula is C21H27ClN8O2. The van der Waals surface area contributed by atoms with Crippen molar-refractivity contribution in [1.82, 2.24) is 24.8 Å². The number of imidazole rings is 1. The number of hydrogen-bond acceptors (Lipinski definition) is 8. The summed E-state index contributed by atoms with van der Waals surface area (Å²) in [4.78, 5) is 26.6. The maximum atomic E-state index is 12.0. The zero-order chi connectivity index (χ0) is 22.7. The van der Waals surface area contributed by atoms with Crippen LogP contribution in [0, 0.1) is 0 Å². The number of carbonyl (C=O) groups is 1. The van der Waals surface area contributed by atoms with Gasteiger partial charge in [-0.05, 0) is 56.0 Å². The summed E-state index contributed by atoms with van der Waals surface area (Å²) in [6, 6.07) is 6.61. The van der Waals surface area contributed by atoms with Crippen LogP contribution in [0.1, 0.15) is 32.3 Å². The summed E-state index contributed by atoms with van der Waals surface area (Å²) in [6.45, 7) is 6.53. The van der Waals surface area contributed by atoms with Gasteiger partial charge < -0.3 is 30.6 Å². The highest BCUT2D eigenvalue weighted by Gasteiger charge is 2.20. The number of ether oxygens (including phenoxy) is 1. The smallest absolute Gasteiger partial charge is 0.407 e. The van der Waals surface area contributed by atoms with Crippen molar-refractivity contribution in [1.29, 1.82) is 0 Å². The fourth-order valence-corrected chi connectivity index (χ4v) is 3.85. The van der Waals surface area contributed by atoms with Crippen LogP contribution in [0.4, 0.5) is 22.0 Å². The summed E-state index contributed by atoms with van der Waals surface area (Å²) in [5.74, 6) is 0.259. The summed E-state index contributed by atoms with van der Waals surface area (Å²) in [6.07, 6.45) is 2.71. The lowest BCUT2D eigenvalue weighted by molar-refractivity contribution is 0.143. The number of carbonyl (C=O) groups excluding carboxylic acids is 1. The van der Waals surface area contributed by atoms with Crippen molar-refractivity contribution in [2.75, 3.05) is 29.2 Å². The second-order valence-electron chi connectivity index (χ2n) is 7.93. The standard InChI is InChI=1S/C21H27ClN8O2/c1-13(2)30-12-25-15-9-14(5-6-16(15)30)10-24-21(31)32-8-4-3-7-29-11-26-17-18(23)27-20(22)28-19(17)29/h5-6,9,11,13,25H,3-4,7-8,10,12H2,1-2H3,(H,24,31)(H2,23,27,28). The summed E-state index contributed by atoms with van der Waals surface area (Å²) < 4.78 is 7.15. The number of nitrogens with one attached hydrogen (secondary N) is 2. The van der Waals surface area contributed by atoms with E-state index in [0.717, 1.165) is 24.3 Å². The third kappa shape index (κ3) is 4.80. The lowest BCUT2D eigenvalue weighted by Crippen LogP contribution is -2.30. The first-order chi connectivity index (χ1) is 15.4. The first-order valence-corrected chi connectivity index (χ1v) is 11.0. The number of benzene rings is 1.